The van der Waals surface area contributed by atoms with E-state index in [4.69, 9.17) is 4.74 Å². The molecule has 2 aromatic carbocycles. The second-order valence-corrected chi connectivity index (χ2v) is 7.39. The van der Waals surface area contributed by atoms with Crippen molar-refractivity contribution in [3.63, 3.8) is 0 Å². The van der Waals surface area contributed by atoms with Crippen LogP contribution in [0.4, 0.5) is 0 Å². The summed E-state index contributed by atoms with van der Waals surface area (Å²) >= 11 is 0. The first-order chi connectivity index (χ1) is 14.8. The fourth-order valence-electron chi connectivity index (χ4n) is 3.54. The molecule has 0 bridgehead atoms. The van der Waals surface area contributed by atoms with E-state index in [1.165, 1.54) is 11.9 Å². The van der Waals surface area contributed by atoms with Crippen LogP contribution in [0.15, 0.2) is 73.1 Å². The van der Waals surface area contributed by atoms with Crippen LogP contribution in [-0.4, -0.2) is 58.4 Å². The normalized spacial score (nSPS) is 14.5. The number of aromatic nitrogens is 2. The standard InChI is InChI=1S/C24H26N4O2/c29-24(22-17-23(26-19-25-22)30-18-21-9-5-2-6-10-21)28-15-13-27(14-16-28)12-11-20-7-3-1-4-8-20/h1-10,17,19H,11-16,18H2. The molecule has 0 radical (unpaired) electrons. The molecule has 1 amide bonds. The van der Waals surface area contributed by atoms with Crippen LogP contribution >= 0.6 is 0 Å². The number of rotatable bonds is 7. The number of hydrogen-bond acceptors (Lipinski definition) is 5. The summed E-state index contributed by atoms with van der Waals surface area (Å²) in [7, 11) is 0. The van der Waals surface area contributed by atoms with Gasteiger partial charge in [-0.15, -0.1) is 0 Å². The number of carbonyl (C=O) groups is 1. The fourth-order valence-corrected chi connectivity index (χ4v) is 3.54. The van der Waals surface area contributed by atoms with Gasteiger partial charge in [0.2, 0.25) is 5.88 Å². The summed E-state index contributed by atoms with van der Waals surface area (Å²) in [6, 6.07) is 22.0. The lowest BCUT2D eigenvalue weighted by molar-refractivity contribution is 0.0632. The molecule has 1 fully saturated rings. The monoisotopic (exact) mass is 402 g/mol. The molecule has 6 nitrogen and oxygen atoms in total. The Bertz CT molecular complexity index is 942. The van der Waals surface area contributed by atoms with Gasteiger partial charge in [0.25, 0.3) is 5.91 Å². The molecule has 0 unspecified atom stereocenters. The summed E-state index contributed by atoms with van der Waals surface area (Å²) in [6.45, 7) is 4.58. The number of carbonyl (C=O) groups excluding carboxylic acids is 1. The smallest absolute Gasteiger partial charge is 0.272 e. The second kappa shape index (κ2) is 9.98. The first-order valence-electron chi connectivity index (χ1n) is 10.3. The van der Waals surface area contributed by atoms with Crippen LogP contribution in [0, 0.1) is 0 Å². The van der Waals surface area contributed by atoms with Crippen LogP contribution in [0.5, 0.6) is 5.88 Å². The number of ether oxygens (including phenoxy) is 1. The molecule has 154 valence electrons. The van der Waals surface area contributed by atoms with E-state index in [2.05, 4.69) is 39.1 Å². The summed E-state index contributed by atoms with van der Waals surface area (Å²) in [5, 5.41) is 0. The molecule has 1 saturated heterocycles. The highest BCUT2D eigenvalue weighted by atomic mass is 16.5. The predicted octanol–water partition coefficient (Wildman–Crippen LogP) is 3.06. The minimum absolute atomic E-state index is 0.0651. The van der Waals surface area contributed by atoms with Gasteiger partial charge < -0.3 is 9.64 Å². The van der Waals surface area contributed by atoms with E-state index in [1.807, 2.05) is 41.3 Å². The Hall–Kier alpha value is -3.25. The minimum atomic E-state index is -0.0651. The van der Waals surface area contributed by atoms with Gasteiger partial charge in [-0.2, -0.15) is 0 Å². The van der Waals surface area contributed by atoms with Crippen molar-refractivity contribution in [1.82, 2.24) is 19.8 Å². The van der Waals surface area contributed by atoms with Gasteiger partial charge in [-0.25, -0.2) is 9.97 Å². The van der Waals surface area contributed by atoms with E-state index in [9.17, 15) is 4.79 Å². The third-order valence-electron chi connectivity index (χ3n) is 5.31. The highest BCUT2D eigenvalue weighted by Gasteiger charge is 2.23. The van der Waals surface area contributed by atoms with E-state index < -0.39 is 0 Å². The van der Waals surface area contributed by atoms with Crippen LogP contribution in [-0.2, 0) is 13.0 Å². The molecule has 6 heteroatoms. The lowest BCUT2D eigenvalue weighted by Crippen LogP contribution is -2.49. The molecule has 0 spiro atoms. The highest BCUT2D eigenvalue weighted by Crippen LogP contribution is 2.13. The molecule has 0 atom stereocenters. The zero-order valence-electron chi connectivity index (χ0n) is 17.0. The largest absolute Gasteiger partial charge is 0.473 e. The topological polar surface area (TPSA) is 58.6 Å². The molecule has 30 heavy (non-hydrogen) atoms. The number of hydrogen-bond donors (Lipinski definition) is 0. The van der Waals surface area contributed by atoms with Gasteiger partial charge in [-0.3, -0.25) is 9.69 Å². The van der Waals surface area contributed by atoms with Crippen LogP contribution in [0.2, 0.25) is 0 Å². The average Bonchev–Trinajstić information content (AvgIpc) is 2.83. The third-order valence-corrected chi connectivity index (χ3v) is 5.31. The highest BCUT2D eigenvalue weighted by molar-refractivity contribution is 5.92. The van der Waals surface area contributed by atoms with Gasteiger partial charge in [0.05, 0.1) is 0 Å². The molecule has 0 aliphatic carbocycles. The Morgan fingerprint density at radius 1 is 0.867 bits per heavy atom. The fraction of sp³-hybridized carbons (Fsp3) is 0.292. The van der Waals surface area contributed by atoms with Crippen molar-refractivity contribution in [3.05, 3.63) is 89.9 Å². The minimum Gasteiger partial charge on any atom is -0.473 e. The summed E-state index contributed by atoms with van der Waals surface area (Å²) in [6.07, 6.45) is 2.42. The maximum absolute atomic E-state index is 12.9. The quantitative estimate of drug-likeness (QED) is 0.608. The Morgan fingerprint density at radius 3 is 2.23 bits per heavy atom. The van der Waals surface area contributed by atoms with Crippen molar-refractivity contribution in [2.24, 2.45) is 0 Å². The molecular formula is C24H26N4O2. The number of amides is 1. The number of benzene rings is 2. The Kier molecular flexibility index (Phi) is 6.67. The van der Waals surface area contributed by atoms with Gasteiger partial charge in [-0.05, 0) is 17.5 Å². The van der Waals surface area contributed by atoms with Gasteiger partial charge in [0, 0.05) is 38.8 Å². The molecule has 1 aliphatic heterocycles. The zero-order chi connectivity index (χ0) is 20.6. The third kappa shape index (κ3) is 5.42. The maximum atomic E-state index is 12.9. The maximum Gasteiger partial charge on any atom is 0.272 e. The zero-order valence-corrected chi connectivity index (χ0v) is 17.0. The molecular weight excluding hydrogens is 376 g/mol. The molecule has 0 N–H and O–H groups in total. The summed E-state index contributed by atoms with van der Waals surface area (Å²) < 4.78 is 5.73. The van der Waals surface area contributed by atoms with Crippen molar-refractivity contribution in [3.8, 4) is 5.88 Å². The second-order valence-electron chi connectivity index (χ2n) is 7.39. The molecule has 1 aliphatic rings. The SMILES string of the molecule is O=C(c1cc(OCc2ccccc2)ncn1)N1CCN(CCc2ccccc2)CC1. The first-order valence-corrected chi connectivity index (χ1v) is 10.3. The average molecular weight is 402 g/mol. The number of piperazine rings is 1. The molecule has 2 heterocycles. The van der Waals surface area contributed by atoms with Gasteiger partial charge in [0.15, 0.2) is 0 Å². The van der Waals surface area contributed by atoms with Gasteiger partial charge >= 0.3 is 0 Å². The van der Waals surface area contributed by atoms with Crippen LogP contribution in [0.25, 0.3) is 0 Å². The Morgan fingerprint density at radius 2 is 1.53 bits per heavy atom. The van der Waals surface area contributed by atoms with Crippen LogP contribution in [0.1, 0.15) is 21.6 Å². The van der Waals surface area contributed by atoms with Gasteiger partial charge in [0.1, 0.15) is 18.6 Å². The van der Waals surface area contributed by atoms with E-state index in [1.54, 1.807) is 6.07 Å². The van der Waals surface area contributed by atoms with E-state index in [0.29, 0.717) is 31.3 Å². The predicted molar refractivity (Wildman–Crippen MR) is 115 cm³/mol. The van der Waals surface area contributed by atoms with Crippen molar-refractivity contribution in [2.45, 2.75) is 13.0 Å². The lowest BCUT2D eigenvalue weighted by atomic mass is 10.1. The van der Waals surface area contributed by atoms with Crippen molar-refractivity contribution < 1.29 is 9.53 Å². The van der Waals surface area contributed by atoms with Crippen molar-refractivity contribution in [1.29, 1.82) is 0 Å². The van der Waals surface area contributed by atoms with E-state index >= 15 is 0 Å². The molecule has 4 rings (SSSR count). The Balaban J connectivity index is 1.27. The summed E-state index contributed by atoms with van der Waals surface area (Å²) in [5.74, 6) is 0.350. The van der Waals surface area contributed by atoms with Crippen LogP contribution in [0.3, 0.4) is 0 Å². The van der Waals surface area contributed by atoms with E-state index in [-0.39, 0.29) is 5.91 Å². The molecule has 0 saturated carbocycles. The summed E-state index contributed by atoms with van der Waals surface area (Å²) in [4.78, 5) is 25.4. The lowest BCUT2D eigenvalue weighted by Gasteiger charge is -2.34. The number of nitrogens with zero attached hydrogens (tertiary/aromatic N) is 4. The molecule has 1 aromatic heterocycles. The summed E-state index contributed by atoms with van der Waals surface area (Å²) in [5.41, 5.74) is 2.78. The van der Waals surface area contributed by atoms with E-state index in [0.717, 1.165) is 31.6 Å². The van der Waals surface area contributed by atoms with Crippen molar-refractivity contribution in [2.75, 3.05) is 32.7 Å². The Labute approximate surface area is 177 Å². The molecule has 3 aromatic rings. The van der Waals surface area contributed by atoms with Crippen molar-refractivity contribution >= 4 is 5.91 Å². The van der Waals surface area contributed by atoms with Gasteiger partial charge in [-0.1, -0.05) is 60.7 Å². The van der Waals surface area contributed by atoms with Crippen LogP contribution < -0.4 is 4.74 Å². The first kappa shape index (κ1) is 20.0.